The number of alkyl halides is 2. The molecule has 1 aliphatic rings. The van der Waals surface area contributed by atoms with E-state index in [1.807, 2.05) is 0 Å². The number of hydrogen-bond donors (Lipinski definition) is 1. The first-order chi connectivity index (χ1) is 10.3. The Hall–Kier alpha value is -1.18. The SMILES string of the molecule is O=[C]([BiH])OC1[C@@H](COC(=O)c2ccccc2)OC(O)C1(F)F. The summed E-state index contributed by atoms with van der Waals surface area (Å²) in [4.78, 5) is 22.7. The van der Waals surface area contributed by atoms with Crippen molar-refractivity contribution in [2.75, 3.05) is 6.61 Å². The van der Waals surface area contributed by atoms with E-state index in [-0.39, 0.29) is 30.3 Å². The van der Waals surface area contributed by atoms with Gasteiger partial charge in [-0.05, 0) is 0 Å². The molecular weight excluding hydrogens is 499 g/mol. The zero-order valence-electron chi connectivity index (χ0n) is 11.1. The molecule has 1 aliphatic heterocycles. The van der Waals surface area contributed by atoms with Crippen molar-refractivity contribution in [3.8, 4) is 0 Å². The summed E-state index contributed by atoms with van der Waals surface area (Å²) in [5.74, 6) is -4.49. The van der Waals surface area contributed by atoms with Gasteiger partial charge in [0.25, 0.3) is 0 Å². The third-order valence-corrected chi connectivity index (χ3v) is 3.43. The number of aliphatic hydroxyl groups is 1. The van der Waals surface area contributed by atoms with Crippen LogP contribution in [0.3, 0.4) is 0 Å². The van der Waals surface area contributed by atoms with Crippen LogP contribution in [0.4, 0.5) is 13.6 Å². The molecular formula is C13H12BiF2O6. The van der Waals surface area contributed by atoms with Crippen LogP contribution in [0.15, 0.2) is 30.3 Å². The van der Waals surface area contributed by atoms with E-state index in [0.29, 0.717) is 0 Å². The average molecular weight is 511 g/mol. The van der Waals surface area contributed by atoms with Crippen LogP contribution >= 0.6 is 0 Å². The van der Waals surface area contributed by atoms with Crippen LogP contribution in [-0.4, -0.2) is 70.5 Å². The normalized spacial score (nSPS) is 26.5. The molecule has 1 aromatic rings. The second-order valence-electron chi connectivity index (χ2n) is 4.49. The maximum atomic E-state index is 13.7. The topological polar surface area (TPSA) is 82.1 Å². The molecule has 0 aromatic heterocycles. The first-order valence-electron chi connectivity index (χ1n) is 6.18. The molecule has 0 bridgehead atoms. The molecule has 6 nitrogen and oxygen atoms in total. The molecule has 0 spiro atoms. The van der Waals surface area contributed by atoms with Crippen LogP contribution in [0.2, 0.25) is 0 Å². The summed E-state index contributed by atoms with van der Waals surface area (Å²) in [6, 6.07) is 7.93. The summed E-state index contributed by atoms with van der Waals surface area (Å²) in [6.07, 6.45) is -5.84. The second kappa shape index (κ2) is 6.94. The number of aliphatic hydroxyl groups excluding tert-OH is 1. The summed E-state index contributed by atoms with van der Waals surface area (Å²) >= 11 is -0.0913. The quantitative estimate of drug-likeness (QED) is 0.472. The number of hydrogen-bond acceptors (Lipinski definition) is 6. The van der Waals surface area contributed by atoms with Gasteiger partial charge in [-0.25, -0.2) is 0 Å². The number of rotatable bonds is 4. The van der Waals surface area contributed by atoms with Crippen molar-refractivity contribution in [1.29, 1.82) is 0 Å². The van der Waals surface area contributed by atoms with Gasteiger partial charge in [-0.15, -0.1) is 0 Å². The predicted molar refractivity (Wildman–Crippen MR) is 70.0 cm³/mol. The Balaban J connectivity index is 2.02. The van der Waals surface area contributed by atoms with Crippen molar-refractivity contribution in [3.63, 3.8) is 0 Å². The van der Waals surface area contributed by atoms with E-state index in [4.69, 9.17) is 4.74 Å². The van der Waals surface area contributed by atoms with Gasteiger partial charge in [0.15, 0.2) is 0 Å². The Morgan fingerprint density at radius 2 is 1.95 bits per heavy atom. The number of benzene rings is 1. The second-order valence-corrected chi connectivity index (χ2v) is 6.08. The fourth-order valence-corrected chi connectivity index (χ4v) is 2.42. The van der Waals surface area contributed by atoms with E-state index in [2.05, 4.69) is 9.47 Å². The van der Waals surface area contributed by atoms with E-state index in [1.54, 1.807) is 18.2 Å². The van der Waals surface area contributed by atoms with Crippen molar-refractivity contribution in [3.05, 3.63) is 35.9 Å². The van der Waals surface area contributed by atoms with E-state index < -0.39 is 40.7 Å². The van der Waals surface area contributed by atoms with Gasteiger partial charge in [0.1, 0.15) is 0 Å². The molecule has 1 saturated heterocycles. The molecule has 9 heteroatoms. The van der Waals surface area contributed by atoms with Crippen LogP contribution in [0.25, 0.3) is 0 Å². The molecule has 2 rings (SSSR count). The fraction of sp³-hybridized carbons (Fsp3) is 0.385. The Kier molecular flexibility index (Phi) is 5.42. The van der Waals surface area contributed by atoms with Crippen LogP contribution in [0, 0.1) is 0 Å². The maximum absolute atomic E-state index is 13.7. The number of esters is 1. The minimum absolute atomic E-state index is 0.0913. The molecule has 0 aliphatic carbocycles. The van der Waals surface area contributed by atoms with Gasteiger partial charge in [-0.1, -0.05) is 0 Å². The van der Waals surface area contributed by atoms with Crippen LogP contribution in [0.1, 0.15) is 10.4 Å². The van der Waals surface area contributed by atoms with Crippen molar-refractivity contribution < 1.29 is 37.7 Å². The van der Waals surface area contributed by atoms with Gasteiger partial charge >= 0.3 is 139 Å². The Morgan fingerprint density at radius 3 is 2.55 bits per heavy atom. The molecule has 1 N–H and O–H groups in total. The molecule has 3 atom stereocenters. The summed E-state index contributed by atoms with van der Waals surface area (Å²) < 4.78 is 40.6. The monoisotopic (exact) mass is 511 g/mol. The van der Waals surface area contributed by atoms with E-state index >= 15 is 0 Å². The molecule has 0 amide bonds. The van der Waals surface area contributed by atoms with Crippen molar-refractivity contribution in [2.24, 2.45) is 0 Å². The predicted octanol–water partition coefficient (Wildman–Crippen LogP) is 0.602. The standard InChI is InChI=1S/C13H11F2O6.Bi.H/c14-13(15)10(20-7-16)9(21-12(13)18)6-19-11(17)8-4-2-1-3-5-8;;/h1-5,9-10,12,18H,6H2;;/t9-,10?,12?;;/m1../s1. The molecule has 1 radical (unpaired) electrons. The van der Waals surface area contributed by atoms with Crippen molar-refractivity contribution >= 4 is 34.4 Å². The van der Waals surface area contributed by atoms with E-state index in [1.165, 1.54) is 12.1 Å². The number of carbonyl (C=O) groups is 2. The van der Waals surface area contributed by atoms with Gasteiger partial charge in [0.05, 0.1) is 0 Å². The van der Waals surface area contributed by atoms with E-state index in [0.717, 1.165) is 0 Å². The van der Waals surface area contributed by atoms with Gasteiger partial charge in [0.2, 0.25) is 0 Å². The minimum atomic E-state index is -3.76. The first kappa shape index (κ1) is 17.2. The Morgan fingerprint density at radius 1 is 1.32 bits per heavy atom. The molecule has 1 heterocycles. The first-order valence-corrected chi connectivity index (χ1v) is 8.12. The third-order valence-electron chi connectivity index (χ3n) is 2.97. The third kappa shape index (κ3) is 3.77. The van der Waals surface area contributed by atoms with E-state index in [9.17, 15) is 23.5 Å². The Bertz CT molecular complexity index is 553. The molecule has 22 heavy (non-hydrogen) atoms. The number of carbonyl (C=O) groups excluding carboxylic acids is 2. The summed E-state index contributed by atoms with van der Waals surface area (Å²) in [5.41, 5.74) is 0.240. The van der Waals surface area contributed by atoms with Crippen LogP contribution < -0.4 is 0 Å². The van der Waals surface area contributed by atoms with Gasteiger partial charge < -0.3 is 0 Å². The van der Waals surface area contributed by atoms with Gasteiger partial charge in [-0.3, -0.25) is 0 Å². The van der Waals surface area contributed by atoms with Gasteiger partial charge in [-0.2, -0.15) is 0 Å². The summed E-state index contributed by atoms with van der Waals surface area (Å²) in [5, 5.41) is 9.20. The molecule has 1 aromatic carbocycles. The van der Waals surface area contributed by atoms with Gasteiger partial charge in [0, 0.05) is 0 Å². The molecule has 119 valence electrons. The van der Waals surface area contributed by atoms with Crippen LogP contribution in [0.5, 0.6) is 0 Å². The van der Waals surface area contributed by atoms with Crippen molar-refractivity contribution in [2.45, 2.75) is 24.4 Å². The zero-order chi connectivity index (χ0) is 16.3. The summed E-state index contributed by atoms with van der Waals surface area (Å²) in [7, 11) is 0. The molecule has 2 unspecified atom stereocenters. The van der Waals surface area contributed by atoms with Crippen LogP contribution in [-0.2, 0) is 14.2 Å². The van der Waals surface area contributed by atoms with Crippen molar-refractivity contribution in [1.82, 2.24) is 0 Å². The summed E-state index contributed by atoms with van der Waals surface area (Å²) in [6.45, 7) is -0.570. The number of halogens is 2. The Labute approximate surface area is 139 Å². The molecule has 0 saturated carbocycles. The zero-order valence-corrected chi connectivity index (χ0v) is 15.0. The molecule has 1 fully saturated rings. The number of ether oxygens (including phenoxy) is 3. The fourth-order valence-electron chi connectivity index (χ4n) is 1.93. The average Bonchev–Trinajstić information content (AvgIpc) is 2.68.